The van der Waals surface area contributed by atoms with E-state index < -0.39 is 38.3 Å². The van der Waals surface area contributed by atoms with Gasteiger partial charge in [-0.05, 0) is 36.4 Å². The number of hydrogen-bond donors (Lipinski definition) is 0. The molecule has 2 heterocycles. The Bertz CT molecular complexity index is 1620. The number of carbonyl (C=O) groups is 1. The molecule has 0 saturated carbocycles. The van der Waals surface area contributed by atoms with Gasteiger partial charge >= 0.3 is 0 Å². The summed E-state index contributed by atoms with van der Waals surface area (Å²) in [6.07, 6.45) is 0.299. The molecule has 0 bridgehead atoms. The average Bonchev–Trinajstić information content (AvgIpc) is 3.22. The number of para-hydroxylation sites is 1. The number of halogens is 3. The van der Waals surface area contributed by atoms with E-state index in [1.165, 1.54) is 23.1 Å². The molecule has 11 heteroatoms. The third kappa shape index (κ3) is 4.70. The highest BCUT2D eigenvalue weighted by Gasteiger charge is 2.34. The fourth-order valence-corrected chi connectivity index (χ4v) is 6.07. The Morgan fingerprint density at radius 1 is 0.974 bits per heavy atom. The number of amides is 1. The van der Waals surface area contributed by atoms with Crippen molar-refractivity contribution in [2.75, 3.05) is 11.4 Å². The van der Waals surface area contributed by atoms with Gasteiger partial charge in [0.15, 0.2) is 0 Å². The molecule has 0 spiro atoms. The van der Waals surface area contributed by atoms with Crippen LogP contribution in [0.4, 0.5) is 18.9 Å². The second-order valence-electron chi connectivity index (χ2n) is 8.87. The molecule has 196 valence electrons. The summed E-state index contributed by atoms with van der Waals surface area (Å²) in [7, 11) is -2.56. The van der Waals surface area contributed by atoms with E-state index in [-0.39, 0.29) is 25.2 Å². The largest absolute Gasteiger partial charge is 0.302 e. The van der Waals surface area contributed by atoms with E-state index in [0.717, 1.165) is 22.1 Å². The Morgan fingerprint density at radius 2 is 1.68 bits per heavy atom. The van der Waals surface area contributed by atoms with Crippen LogP contribution in [0, 0.1) is 17.5 Å². The molecule has 1 aliphatic heterocycles. The summed E-state index contributed by atoms with van der Waals surface area (Å²) < 4.78 is 71.6. The molecular weight excluding hydrogens is 517 g/mol. The van der Waals surface area contributed by atoms with Crippen LogP contribution in [0.5, 0.6) is 0 Å². The Labute approximate surface area is 217 Å². The second kappa shape index (κ2) is 10.1. The van der Waals surface area contributed by atoms with Crippen LogP contribution in [0.3, 0.4) is 0 Å². The van der Waals surface area contributed by atoms with Crippen molar-refractivity contribution in [1.82, 2.24) is 14.1 Å². The molecular formula is C27H23F3N4O3S. The molecule has 0 unspecified atom stereocenters. The van der Waals surface area contributed by atoms with Crippen molar-refractivity contribution in [1.29, 1.82) is 0 Å². The normalized spacial score (nSPS) is 13.8. The zero-order valence-electron chi connectivity index (χ0n) is 20.3. The molecule has 38 heavy (non-hydrogen) atoms. The molecule has 3 aromatic carbocycles. The number of sulfonamides is 1. The maximum absolute atomic E-state index is 14.5. The number of anilines is 1. The zero-order valence-corrected chi connectivity index (χ0v) is 21.1. The molecule has 0 radical (unpaired) electrons. The number of rotatable bonds is 6. The molecule has 0 aliphatic carbocycles. The van der Waals surface area contributed by atoms with E-state index in [1.54, 1.807) is 48.1 Å². The fraction of sp³-hybridized carbons (Fsp3) is 0.185. The first-order valence-corrected chi connectivity index (χ1v) is 13.2. The number of nitrogens with zero attached hydrogens (tertiary/aromatic N) is 4. The molecule has 7 nitrogen and oxygen atoms in total. The predicted octanol–water partition coefficient (Wildman–Crippen LogP) is 4.43. The van der Waals surface area contributed by atoms with Gasteiger partial charge in [-0.15, -0.1) is 0 Å². The number of carbonyl (C=O) groups excluding carboxylic acids is 1. The van der Waals surface area contributed by atoms with E-state index in [1.807, 2.05) is 0 Å². The van der Waals surface area contributed by atoms with Crippen molar-refractivity contribution in [3.8, 4) is 0 Å². The van der Waals surface area contributed by atoms with Crippen molar-refractivity contribution in [3.05, 3.63) is 113 Å². The topological polar surface area (TPSA) is 75.5 Å². The minimum Gasteiger partial charge on any atom is -0.302 e. The monoisotopic (exact) mass is 540 g/mol. The van der Waals surface area contributed by atoms with Crippen LogP contribution in [0.25, 0.3) is 0 Å². The van der Waals surface area contributed by atoms with Crippen LogP contribution < -0.4 is 4.90 Å². The van der Waals surface area contributed by atoms with Gasteiger partial charge in [0.25, 0.3) is 5.91 Å². The first kappa shape index (κ1) is 25.7. The predicted molar refractivity (Wildman–Crippen MR) is 134 cm³/mol. The van der Waals surface area contributed by atoms with Gasteiger partial charge in [-0.25, -0.2) is 21.6 Å². The highest BCUT2D eigenvalue weighted by Crippen LogP contribution is 2.30. The van der Waals surface area contributed by atoms with Crippen LogP contribution >= 0.6 is 0 Å². The molecule has 5 rings (SSSR count). The maximum atomic E-state index is 14.5. The van der Waals surface area contributed by atoms with Crippen LogP contribution in [0.15, 0.2) is 77.7 Å². The molecule has 1 aliphatic rings. The molecule has 1 aromatic heterocycles. The highest BCUT2D eigenvalue weighted by atomic mass is 32.2. The molecule has 1 amide bonds. The summed E-state index contributed by atoms with van der Waals surface area (Å²) in [5, 5.41) is 4.56. The lowest BCUT2D eigenvalue weighted by atomic mass is 10.1. The van der Waals surface area contributed by atoms with Crippen molar-refractivity contribution in [2.45, 2.75) is 24.4 Å². The van der Waals surface area contributed by atoms with Crippen molar-refractivity contribution >= 4 is 21.6 Å². The molecule has 0 atom stereocenters. The van der Waals surface area contributed by atoms with Crippen molar-refractivity contribution in [3.63, 3.8) is 0 Å². The maximum Gasteiger partial charge on any atom is 0.261 e. The fourth-order valence-electron chi connectivity index (χ4n) is 4.62. The Kier molecular flexibility index (Phi) is 6.80. The van der Waals surface area contributed by atoms with Crippen LogP contribution in [0.1, 0.15) is 27.3 Å². The molecule has 0 N–H and O–H groups in total. The lowest BCUT2D eigenvalue weighted by Crippen LogP contribution is -2.37. The minimum atomic E-state index is -4.28. The third-order valence-corrected chi connectivity index (χ3v) is 8.41. The standard InChI is InChI=1S/C27H23F3N4O3S/c1-32-25-13-14-33(38(36,37)26-12-11-18(28)15-23(26)30)16-21(25)24(31-32)17-34(19-7-3-2-4-8-19)27(35)20-9-5-6-10-22(20)29/h2-12,15H,13-14,16-17H2,1H3. The summed E-state index contributed by atoms with van der Waals surface area (Å²) in [4.78, 5) is 14.3. The zero-order chi connectivity index (χ0) is 27.0. The van der Waals surface area contributed by atoms with Gasteiger partial charge in [0.2, 0.25) is 10.0 Å². The number of benzene rings is 3. The van der Waals surface area contributed by atoms with Gasteiger partial charge in [-0.2, -0.15) is 9.40 Å². The van der Waals surface area contributed by atoms with E-state index >= 15 is 0 Å². The first-order valence-electron chi connectivity index (χ1n) is 11.8. The second-order valence-corrected chi connectivity index (χ2v) is 10.8. The van der Waals surface area contributed by atoms with Crippen LogP contribution in [-0.2, 0) is 36.6 Å². The van der Waals surface area contributed by atoms with E-state index in [2.05, 4.69) is 5.10 Å². The Morgan fingerprint density at radius 3 is 2.39 bits per heavy atom. The summed E-state index contributed by atoms with van der Waals surface area (Å²) in [6.45, 7) is -0.102. The lowest BCUT2D eigenvalue weighted by molar-refractivity contribution is 0.0980. The van der Waals surface area contributed by atoms with Crippen LogP contribution in [-0.4, -0.2) is 35.0 Å². The Balaban J connectivity index is 1.51. The van der Waals surface area contributed by atoms with Gasteiger partial charge in [0, 0.05) is 49.6 Å². The average molecular weight is 541 g/mol. The molecule has 0 fully saturated rings. The summed E-state index contributed by atoms with van der Waals surface area (Å²) >= 11 is 0. The van der Waals surface area contributed by atoms with Gasteiger partial charge < -0.3 is 4.90 Å². The van der Waals surface area contributed by atoms with E-state index in [0.29, 0.717) is 29.4 Å². The third-order valence-electron chi connectivity index (χ3n) is 6.53. The number of aryl methyl sites for hydroxylation is 1. The quantitative estimate of drug-likeness (QED) is 0.363. The lowest BCUT2D eigenvalue weighted by Gasteiger charge is -2.28. The van der Waals surface area contributed by atoms with Gasteiger partial charge in [-0.3, -0.25) is 9.48 Å². The van der Waals surface area contributed by atoms with E-state index in [4.69, 9.17) is 0 Å². The highest BCUT2D eigenvalue weighted by molar-refractivity contribution is 7.89. The van der Waals surface area contributed by atoms with Gasteiger partial charge in [-0.1, -0.05) is 30.3 Å². The molecule has 4 aromatic rings. The summed E-state index contributed by atoms with van der Waals surface area (Å²) in [5.74, 6) is -3.30. The first-order chi connectivity index (χ1) is 18.2. The summed E-state index contributed by atoms with van der Waals surface area (Å²) in [6, 6.07) is 16.7. The number of aromatic nitrogens is 2. The smallest absolute Gasteiger partial charge is 0.261 e. The molecule has 0 saturated heterocycles. The summed E-state index contributed by atoms with van der Waals surface area (Å²) in [5.41, 5.74) is 2.17. The van der Waals surface area contributed by atoms with Crippen molar-refractivity contribution < 1.29 is 26.4 Å². The van der Waals surface area contributed by atoms with Gasteiger partial charge in [0.1, 0.15) is 22.3 Å². The van der Waals surface area contributed by atoms with Crippen LogP contribution in [0.2, 0.25) is 0 Å². The van der Waals surface area contributed by atoms with E-state index in [9.17, 15) is 26.4 Å². The number of hydrogen-bond acceptors (Lipinski definition) is 4. The van der Waals surface area contributed by atoms with Crippen molar-refractivity contribution in [2.24, 2.45) is 7.05 Å². The number of fused-ring (bicyclic) bond motifs is 1. The Hall–Kier alpha value is -3.96. The minimum absolute atomic E-state index is 0.0564. The SMILES string of the molecule is Cn1nc(CN(C(=O)c2ccccc2F)c2ccccc2)c2c1CCN(S(=O)(=O)c1ccc(F)cc1F)C2. The van der Waals surface area contributed by atoms with Gasteiger partial charge in [0.05, 0.1) is 17.8 Å².